The lowest BCUT2D eigenvalue weighted by Crippen LogP contribution is -2.47. The Bertz CT molecular complexity index is 1090. The molecule has 1 spiro atoms. The molecule has 4 rings (SSSR count). The van der Waals surface area contributed by atoms with Crippen LogP contribution in [-0.2, 0) is 17.6 Å². The van der Waals surface area contributed by atoms with Crippen LogP contribution in [0.25, 0.3) is 0 Å². The average molecular weight is 516 g/mol. The molecule has 1 heterocycles. The summed E-state index contributed by atoms with van der Waals surface area (Å²) in [7, 11) is 0. The summed E-state index contributed by atoms with van der Waals surface area (Å²) in [5.74, 6) is 0.592. The molecule has 3 atom stereocenters. The van der Waals surface area contributed by atoms with E-state index in [1.54, 1.807) is 12.1 Å². The average Bonchev–Trinajstić information content (AvgIpc) is 2.76. The number of carbonyl (C=O) groups excluding carboxylic acids is 1. The van der Waals surface area contributed by atoms with E-state index < -0.39 is 18.0 Å². The van der Waals surface area contributed by atoms with Crippen LogP contribution in [0, 0.1) is 11.2 Å². The normalized spacial score (nSPS) is 20.1. The molecule has 36 heavy (non-hydrogen) atoms. The summed E-state index contributed by atoms with van der Waals surface area (Å²) in [6.45, 7) is 8.19. The molecule has 0 bridgehead atoms. The lowest BCUT2D eigenvalue weighted by Gasteiger charge is -2.48. The summed E-state index contributed by atoms with van der Waals surface area (Å²) in [4.78, 5) is 11.9. The van der Waals surface area contributed by atoms with Crippen molar-refractivity contribution in [1.29, 1.82) is 0 Å². The summed E-state index contributed by atoms with van der Waals surface area (Å²) >= 11 is 5.96. The number of hydrogen-bond donors (Lipinski definition) is 2. The molecule has 2 N–H and O–H groups in total. The summed E-state index contributed by atoms with van der Waals surface area (Å²) in [6, 6.07) is 10.7. The van der Waals surface area contributed by atoms with Gasteiger partial charge in [-0.25, -0.2) is 4.39 Å². The van der Waals surface area contributed by atoms with Crippen LogP contribution in [0.4, 0.5) is 4.39 Å². The molecule has 1 amide bonds. The molecule has 1 saturated carbocycles. The molecule has 2 aliphatic rings. The summed E-state index contributed by atoms with van der Waals surface area (Å²) in [6.07, 6.45) is 6.30. The predicted molar refractivity (Wildman–Crippen MR) is 142 cm³/mol. The first-order chi connectivity index (χ1) is 16.9. The van der Waals surface area contributed by atoms with Gasteiger partial charge in [-0.05, 0) is 97.6 Å². The molecule has 6 heteroatoms. The van der Waals surface area contributed by atoms with Crippen molar-refractivity contribution in [3.8, 4) is 5.75 Å². The van der Waals surface area contributed by atoms with Crippen molar-refractivity contribution in [2.45, 2.75) is 103 Å². The van der Waals surface area contributed by atoms with Crippen molar-refractivity contribution >= 4 is 17.5 Å². The first-order valence-corrected chi connectivity index (χ1v) is 13.5. The maximum atomic E-state index is 13.6. The van der Waals surface area contributed by atoms with Crippen LogP contribution in [0.3, 0.4) is 0 Å². The third kappa shape index (κ3) is 6.60. The summed E-state index contributed by atoms with van der Waals surface area (Å²) in [5.41, 5.74) is 3.44. The lowest BCUT2D eigenvalue weighted by molar-refractivity contribution is -0.120. The van der Waals surface area contributed by atoms with Gasteiger partial charge in [0.2, 0.25) is 5.91 Å². The number of rotatable bonds is 8. The number of ether oxygens (including phenoxy) is 1. The van der Waals surface area contributed by atoms with E-state index in [2.05, 4.69) is 44.3 Å². The highest BCUT2D eigenvalue weighted by molar-refractivity contribution is 6.30. The van der Waals surface area contributed by atoms with Crippen LogP contribution >= 0.6 is 11.6 Å². The van der Waals surface area contributed by atoms with Gasteiger partial charge in [-0.1, -0.05) is 50.6 Å². The Balaban J connectivity index is 1.50. The molecular weight excluding hydrogens is 477 g/mol. The van der Waals surface area contributed by atoms with Gasteiger partial charge in [-0.3, -0.25) is 4.79 Å². The zero-order chi connectivity index (χ0) is 26.1. The Hall–Kier alpha value is -2.11. The molecule has 0 saturated heterocycles. The highest BCUT2D eigenvalue weighted by Crippen LogP contribution is 2.51. The van der Waals surface area contributed by atoms with Crippen molar-refractivity contribution in [3.05, 3.63) is 63.9 Å². The number of halogens is 2. The summed E-state index contributed by atoms with van der Waals surface area (Å²) < 4.78 is 20.1. The van der Waals surface area contributed by atoms with Crippen molar-refractivity contribution in [2.75, 3.05) is 0 Å². The van der Waals surface area contributed by atoms with Crippen LogP contribution < -0.4 is 10.1 Å². The van der Waals surface area contributed by atoms with E-state index in [0.717, 1.165) is 43.4 Å². The van der Waals surface area contributed by atoms with Gasteiger partial charge in [0.25, 0.3) is 0 Å². The Morgan fingerprint density at radius 1 is 1.22 bits per heavy atom. The van der Waals surface area contributed by atoms with Crippen molar-refractivity contribution in [2.24, 2.45) is 5.41 Å². The predicted octanol–water partition coefficient (Wildman–Crippen LogP) is 6.75. The monoisotopic (exact) mass is 515 g/mol. The van der Waals surface area contributed by atoms with Gasteiger partial charge < -0.3 is 15.2 Å². The quantitative estimate of drug-likeness (QED) is 0.409. The highest BCUT2D eigenvalue weighted by Gasteiger charge is 2.45. The number of benzene rings is 2. The Morgan fingerprint density at radius 3 is 2.56 bits per heavy atom. The maximum Gasteiger partial charge on any atom is 0.217 e. The molecule has 1 aliphatic carbocycles. The van der Waals surface area contributed by atoms with Gasteiger partial charge in [-0.2, -0.15) is 0 Å². The number of hydrogen-bond acceptors (Lipinski definition) is 3. The Morgan fingerprint density at radius 2 is 1.94 bits per heavy atom. The number of carbonyl (C=O) groups is 1. The van der Waals surface area contributed by atoms with Crippen LogP contribution in [-0.4, -0.2) is 28.8 Å². The lowest BCUT2D eigenvalue weighted by atomic mass is 9.69. The molecule has 0 radical (unpaired) electrons. The van der Waals surface area contributed by atoms with Gasteiger partial charge in [-0.15, -0.1) is 0 Å². The number of amides is 1. The zero-order valence-electron chi connectivity index (χ0n) is 21.9. The number of fused-ring (bicyclic) bond motifs is 1. The first kappa shape index (κ1) is 26.9. The minimum atomic E-state index is -0.737. The molecule has 0 aromatic heterocycles. The fraction of sp³-hybridized carbons (Fsp3) is 0.567. The van der Waals surface area contributed by atoms with Crippen LogP contribution in [0.1, 0.15) is 88.8 Å². The summed E-state index contributed by atoms with van der Waals surface area (Å²) in [5, 5.41) is 14.1. The van der Waals surface area contributed by atoms with E-state index >= 15 is 0 Å². The molecule has 196 valence electrons. The van der Waals surface area contributed by atoms with E-state index in [-0.39, 0.29) is 21.9 Å². The van der Waals surface area contributed by atoms with E-state index in [1.165, 1.54) is 30.5 Å². The van der Waals surface area contributed by atoms with Gasteiger partial charge >= 0.3 is 0 Å². The minimum Gasteiger partial charge on any atom is -0.487 e. The number of aliphatic hydroxyl groups excluding tert-OH is 1. The molecule has 2 aromatic carbocycles. The SMILES string of the molecule is CC(=O)N[C@@H](Cc1ccc(F)c(Cl)c1)[C@H](O)CC[C@H]1CC2(CCC2)Oc2ccc(CC(C)(C)C)cc21. The van der Waals surface area contributed by atoms with E-state index in [9.17, 15) is 14.3 Å². The zero-order valence-corrected chi connectivity index (χ0v) is 22.6. The fourth-order valence-electron chi connectivity index (χ4n) is 5.74. The van der Waals surface area contributed by atoms with Crippen molar-refractivity contribution < 1.29 is 19.0 Å². The van der Waals surface area contributed by atoms with Crippen LogP contribution in [0.15, 0.2) is 36.4 Å². The third-order valence-corrected chi connectivity index (χ3v) is 7.85. The topological polar surface area (TPSA) is 58.6 Å². The fourth-order valence-corrected chi connectivity index (χ4v) is 5.94. The molecule has 4 nitrogen and oxygen atoms in total. The van der Waals surface area contributed by atoms with Gasteiger partial charge in [0, 0.05) is 6.92 Å². The van der Waals surface area contributed by atoms with Gasteiger partial charge in [0.05, 0.1) is 17.2 Å². The van der Waals surface area contributed by atoms with Crippen LogP contribution in [0.2, 0.25) is 5.02 Å². The molecule has 1 aliphatic heterocycles. The van der Waals surface area contributed by atoms with Crippen molar-refractivity contribution in [3.63, 3.8) is 0 Å². The van der Waals surface area contributed by atoms with Gasteiger partial charge in [0.15, 0.2) is 0 Å². The van der Waals surface area contributed by atoms with Crippen molar-refractivity contribution in [1.82, 2.24) is 5.32 Å². The molecule has 0 unspecified atom stereocenters. The molecule has 2 aromatic rings. The molecular formula is C30H39ClFNO3. The first-order valence-electron chi connectivity index (χ1n) is 13.1. The smallest absolute Gasteiger partial charge is 0.217 e. The molecule has 1 fully saturated rings. The number of aliphatic hydroxyl groups is 1. The highest BCUT2D eigenvalue weighted by atomic mass is 35.5. The standard InChI is InChI=1S/C30H39ClFNO3/c1-19(34)33-26(16-20-6-9-25(32)24(31)15-20)27(35)10-8-22-18-30(12-5-13-30)36-28-11-7-21(14-23(22)28)17-29(2,3)4/h6-7,9,11,14-15,22,26-27,35H,5,8,10,12-13,16-18H2,1-4H3,(H,33,34)/t22-,26-,27+/m0/s1. The second-order valence-corrected chi connectivity index (χ2v) is 12.5. The minimum absolute atomic E-state index is 0.0410. The second-order valence-electron chi connectivity index (χ2n) is 12.1. The Kier molecular flexibility index (Phi) is 8.01. The largest absolute Gasteiger partial charge is 0.487 e. The maximum absolute atomic E-state index is 13.6. The van der Waals surface area contributed by atoms with E-state index in [4.69, 9.17) is 16.3 Å². The van der Waals surface area contributed by atoms with E-state index in [1.807, 2.05) is 0 Å². The van der Waals surface area contributed by atoms with Crippen LogP contribution in [0.5, 0.6) is 5.75 Å². The Labute approximate surface area is 219 Å². The van der Waals surface area contributed by atoms with E-state index in [0.29, 0.717) is 18.8 Å². The number of nitrogens with one attached hydrogen (secondary N) is 1. The second kappa shape index (κ2) is 10.7. The third-order valence-electron chi connectivity index (χ3n) is 7.56. The van der Waals surface area contributed by atoms with Gasteiger partial charge in [0.1, 0.15) is 17.2 Å².